The van der Waals surface area contributed by atoms with Crippen molar-refractivity contribution in [3.63, 3.8) is 0 Å². The van der Waals surface area contributed by atoms with Crippen LogP contribution in [0.15, 0.2) is 73.8 Å². The number of aryl methyl sites for hydroxylation is 2. The van der Waals surface area contributed by atoms with Gasteiger partial charge in [0.2, 0.25) is 0 Å². The van der Waals surface area contributed by atoms with Crippen LogP contribution < -0.4 is 28.0 Å². The van der Waals surface area contributed by atoms with Gasteiger partial charge in [0.05, 0.1) is 32.9 Å². The summed E-state index contributed by atoms with van der Waals surface area (Å²) in [7, 11) is 0. The van der Waals surface area contributed by atoms with Gasteiger partial charge in [-0.3, -0.25) is 19.2 Å². The third kappa shape index (κ3) is 2.89. The lowest BCUT2D eigenvalue weighted by atomic mass is 10.0. The zero-order valence-corrected chi connectivity index (χ0v) is 18.2. The number of benzene rings is 3. The van der Waals surface area contributed by atoms with Gasteiger partial charge in [0.25, 0.3) is 22.2 Å². The number of fused-ring (bicyclic) bond motifs is 2. The monoisotopic (exact) mass is 439 g/mol. The fourth-order valence-corrected chi connectivity index (χ4v) is 4.58. The van der Waals surface area contributed by atoms with E-state index in [0.717, 1.165) is 15.7 Å². The molecule has 0 radical (unpaired) electrons. The Bertz CT molecular complexity index is 1680. The van der Waals surface area contributed by atoms with Gasteiger partial charge in [-0.1, -0.05) is 38.1 Å². The summed E-state index contributed by atoms with van der Waals surface area (Å²) >= 11 is 0. The molecule has 2 aromatic heterocycles. The highest BCUT2D eigenvalue weighted by molar-refractivity contribution is 5.98. The molecule has 0 fully saturated rings. The minimum absolute atomic E-state index is 0.101. The molecule has 3 aromatic carbocycles. The second kappa shape index (κ2) is 7.41. The number of aromatic nitrogens is 2. The first-order chi connectivity index (χ1) is 15.9. The first-order valence-electron chi connectivity index (χ1n) is 10.8. The lowest BCUT2D eigenvalue weighted by molar-refractivity contribution is 0.924. The van der Waals surface area contributed by atoms with Crippen molar-refractivity contribution in [3.05, 3.63) is 107 Å². The first kappa shape index (κ1) is 20.6. The summed E-state index contributed by atoms with van der Waals surface area (Å²) in [6.45, 7) is 3.93. The van der Waals surface area contributed by atoms with Crippen LogP contribution in [0, 0.1) is 0 Å². The fourth-order valence-electron chi connectivity index (χ4n) is 4.58. The van der Waals surface area contributed by atoms with Crippen molar-refractivity contribution in [1.29, 1.82) is 0 Å². The predicted octanol–water partition coefficient (Wildman–Crippen LogP) is 2.60. The largest absolute Gasteiger partial charge is 0.399 e. The molecule has 0 saturated heterocycles. The summed E-state index contributed by atoms with van der Waals surface area (Å²) in [5.41, 5.74) is 6.84. The second-order valence-electron chi connectivity index (χ2n) is 8.06. The van der Waals surface area contributed by atoms with Crippen molar-refractivity contribution in [2.24, 2.45) is 0 Å². The molecule has 2 heterocycles. The Kier molecular flexibility index (Phi) is 4.63. The summed E-state index contributed by atoms with van der Waals surface area (Å²) < 4.78 is 2.20. The van der Waals surface area contributed by atoms with Crippen LogP contribution in [0.5, 0.6) is 0 Å². The third-order valence-electron chi connectivity index (χ3n) is 6.21. The van der Waals surface area contributed by atoms with Crippen molar-refractivity contribution >= 4 is 27.2 Å². The van der Waals surface area contributed by atoms with Crippen LogP contribution in [0.2, 0.25) is 0 Å². The van der Waals surface area contributed by atoms with E-state index in [0.29, 0.717) is 29.9 Å². The molecule has 0 aliphatic heterocycles. The van der Waals surface area contributed by atoms with Crippen LogP contribution in [-0.4, -0.2) is 9.13 Å². The molecule has 0 bridgehead atoms. The van der Waals surface area contributed by atoms with Gasteiger partial charge in [0, 0.05) is 5.69 Å². The summed E-state index contributed by atoms with van der Waals surface area (Å²) in [5, 5.41) is 0.455. The van der Waals surface area contributed by atoms with E-state index in [-0.39, 0.29) is 21.5 Å². The summed E-state index contributed by atoms with van der Waals surface area (Å²) in [6, 6.07) is 14.9. The van der Waals surface area contributed by atoms with Gasteiger partial charge in [-0.15, -0.1) is 0 Å². The fraction of sp³-hybridized carbons (Fsp3) is 0.154. The van der Waals surface area contributed by atoms with Gasteiger partial charge in [-0.25, -0.2) is 9.13 Å². The number of nitrogen functional groups attached to an aromatic ring is 1. The smallest absolute Gasteiger partial charge is 0.266 e. The molecule has 0 spiro atoms. The summed E-state index contributed by atoms with van der Waals surface area (Å²) in [4.78, 5) is 53.0. The molecule has 0 saturated carbocycles. The van der Waals surface area contributed by atoms with Crippen LogP contribution >= 0.6 is 0 Å². The van der Waals surface area contributed by atoms with E-state index in [1.165, 1.54) is 22.8 Å². The molecule has 7 nitrogen and oxygen atoms in total. The van der Waals surface area contributed by atoms with Crippen LogP contribution in [0.3, 0.4) is 0 Å². The maximum absolute atomic E-state index is 13.4. The Morgan fingerprint density at radius 3 is 1.55 bits per heavy atom. The van der Waals surface area contributed by atoms with Crippen LogP contribution in [-0.2, 0) is 12.8 Å². The average molecular weight is 439 g/mol. The van der Waals surface area contributed by atoms with Crippen LogP contribution in [0.4, 0.5) is 5.69 Å². The molecule has 5 rings (SSSR count). The van der Waals surface area contributed by atoms with Gasteiger partial charge in [0.15, 0.2) is 0 Å². The molecule has 7 heteroatoms. The number of nitrogens with two attached hydrogens (primary N) is 1. The van der Waals surface area contributed by atoms with Crippen LogP contribution in [0.1, 0.15) is 25.0 Å². The zero-order chi connectivity index (χ0) is 23.4. The Morgan fingerprint density at radius 2 is 1.09 bits per heavy atom. The van der Waals surface area contributed by atoms with E-state index < -0.39 is 22.2 Å². The Morgan fingerprint density at radius 1 is 0.636 bits per heavy atom. The highest BCUT2D eigenvalue weighted by Gasteiger charge is 2.22. The maximum Gasteiger partial charge on any atom is 0.266 e. The first-order valence-corrected chi connectivity index (χ1v) is 10.8. The minimum Gasteiger partial charge on any atom is -0.399 e. The normalized spacial score (nSPS) is 11.6. The van der Waals surface area contributed by atoms with E-state index in [1.54, 1.807) is 18.2 Å². The molecule has 0 unspecified atom stereocenters. The molecule has 33 heavy (non-hydrogen) atoms. The number of anilines is 1. The Balaban J connectivity index is 1.87. The average Bonchev–Trinajstić information content (AvgIpc) is 3.21. The molecular weight excluding hydrogens is 418 g/mol. The van der Waals surface area contributed by atoms with Gasteiger partial charge < -0.3 is 5.73 Å². The van der Waals surface area contributed by atoms with E-state index in [1.807, 2.05) is 32.0 Å². The lowest BCUT2D eigenvalue weighted by Crippen LogP contribution is -2.26. The van der Waals surface area contributed by atoms with Crippen molar-refractivity contribution in [2.45, 2.75) is 26.7 Å². The van der Waals surface area contributed by atoms with E-state index in [9.17, 15) is 19.2 Å². The Labute approximate surface area is 187 Å². The molecular formula is C26H21N3O4. The minimum atomic E-state index is -0.551. The lowest BCUT2D eigenvalue weighted by Gasteiger charge is -2.12. The maximum atomic E-state index is 13.4. The molecule has 2 N–H and O–H groups in total. The van der Waals surface area contributed by atoms with E-state index >= 15 is 0 Å². The topological polar surface area (TPSA) is 104 Å². The summed E-state index contributed by atoms with van der Waals surface area (Å²) in [6.07, 6.45) is 1.30. The molecule has 0 amide bonds. The third-order valence-corrected chi connectivity index (χ3v) is 6.21. The van der Waals surface area contributed by atoms with Gasteiger partial charge in [-0.05, 0) is 54.3 Å². The SMILES string of the molecule is CCc1cccc(CC)c1-n1c(=O)c2cc3c(=O)n(-c4cccc(N)c4)c(=O)c3cc2c1=O. The standard InChI is InChI=1S/C26H21N3O4/c1-3-14-7-5-8-15(4-2)22(14)29-25(32)20-12-18-19(13-21(20)26(29)33)24(31)28(23(18)30)17-10-6-9-16(27)11-17/h5-13H,3-4,27H2,1-2H3. The van der Waals surface area contributed by atoms with Crippen molar-refractivity contribution in [3.8, 4) is 11.4 Å². The van der Waals surface area contributed by atoms with Crippen LogP contribution in [0.25, 0.3) is 32.9 Å². The van der Waals surface area contributed by atoms with Crippen molar-refractivity contribution in [1.82, 2.24) is 9.13 Å². The van der Waals surface area contributed by atoms with Gasteiger partial charge >= 0.3 is 0 Å². The van der Waals surface area contributed by atoms with Gasteiger partial charge in [-0.2, -0.15) is 0 Å². The van der Waals surface area contributed by atoms with Crippen molar-refractivity contribution in [2.75, 3.05) is 5.73 Å². The molecule has 164 valence electrons. The van der Waals surface area contributed by atoms with Crippen molar-refractivity contribution < 1.29 is 0 Å². The molecule has 0 aliphatic rings. The summed E-state index contributed by atoms with van der Waals surface area (Å²) in [5.74, 6) is 0. The Hall–Kier alpha value is -4.26. The zero-order valence-electron chi connectivity index (χ0n) is 18.2. The molecule has 0 atom stereocenters. The van der Waals surface area contributed by atoms with E-state index in [2.05, 4.69) is 0 Å². The number of rotatable bonds is 4. The highest BCUT2D eigenvalue weighted by atomic mass is 16.2. The predicted molar refractivity (Wildman–Crippen MR) is 131 cm³/mol. The quantitative estimate of drug-likeness (QED) is 0.434. The van der Waals surface area contributed by atoms with E-state index in [4.69, 9.17) is 5.73 Å². The number of hydrogen-bond donors (Lipinski definition) is 1. The molecule has 0 aliphatic carbocycles. The number of hydrogen-bond acceptors (Lipinski definition) is 5. The molecule has 5 aromatic rings. The van der Waals surface area contributed by atoms with Gasteiger partial charge in [0.1, 0.15) is 0 Å². The highest BCUT2D eigenvalue weighted by Crippen LogP contribution is 2.22. The second-order valence-corrected chi connectivity index (χ2v) is 8.06. The number of para-hydroxylation sites is 1. The number of nitrogens with zero attached hydrogens (tertiary/aromatic N) is 2.